The molecule has 23 heavy (non-hydrogen) atoms. The van der Waals surface area contributed by atoms with Gasteiger partial charge in [0.05, 0.1) is 0 Å². The van der Waals surface area contributed by atoms with Crippen LogP contribution in [0, 0.1) is 6.92 Å². The summed E-state index contributed by atoms with van der Waals surface area (Å²) in [5.74, 6) is 0. The minimum absolute atomic E-state index is 0.0840. The average Bonchev–Trinajstić information content (AvgIpc) is 2.59. The Bertz CT molecular complexity index is 684. The van der Waals surface area contributed by atoms with E-state index < -0.39 is 0 Å². The number of carbonyl (C=O) groups is 1. The molecule has 1 aliphatic rings. The molecule has 3 rings (SSSR count). The van der Waals surface area contributed by atoms with E-state index in [1.165, 1.54) is 0 Å². The molecule has 0 radical (unpaired) electrons. The number of benzene rings is 1. The van der Waals surface area contributed by atoms with Crippen LogP contribution in [0.2, 0.25) is 5.02 Å². The highest BCUT2D eigenvalue weighted by Crippen LogP contribution is 2.21. The van der Waals surface area contributed by atoms with Gasteiger partial charge in [0.2, 0.25) is 0 Å². The predicted octanol–water partition coefficient (Wildman–Crippen LogP) is 3.40. The number of urea groups is 1. The van der Waals surface area contributed by atoms with E-state index in [-0.39, 0.29) is 6.03 Å². The van der Waals surface area contributed by atoms with Gasteiger partial charge in [0.1, 0.15) is 0 Å². The Hall–Kier alpha value is -2.27. The smallest absolute Gasteiger partial charge is 0.321 e. The summed E-state index contributed by atoms with van der Waals surface area (Å²) < 4.78 is 0. The number of aromatic nitrogens is 1. The van der Waals surface area contributed by atoms with E-state index in [1.54, 1.807) is 18.5 Å². The number of carbonyl (C=O) groups excluding carboxylic acids is 1. The lowest BCUT2D eigenvalue weighted by atomic mass is 10.2. The first-order valence-corrected chi connectivity index (χ1v) is 7.98. The minimum Gasteiger partial charge on any atom is -0.368 e. The topological polar surface area (TPSA) is 48.5 Å². The summed E-state index contributed by atoms with van der Waals surface area (Å²) in [5.41, 5.74) is 2.86. The number of amides is 2. The maximum absolute atomic E-state index is 12.4. The second-order valence-electron chi connectivity index (χ2n) is 5.57. The van der Waals surface area contributed by atoms with Crippen molar-refractivity contribution < 1.29 is 4.79 Å². The maximum atomic E-state index is 12.4. The van der Waals surface area contributed by atoms with Gasteiger partial charge in [-0.25, -0.2) is 4.79 Å². The fourth-order valence-electron chi connectivity index (χ4n) is 2.60. The Balaban J connectivity index is 1.57. The zero-order chi connectivity index (χ0) is 16.2. The molecule has 0 aliphatic carbocycles. The van der Waals surface area contributed by atoms with Gasteiger partial charge >= 0.3 is 6.03 Å². The van der Waals surface area contributed by atoms with Crippen LogP contribution < -0.4 is 10.2 Å². The number of piperazine rings is 1. The Morgan fingerprint density at radius 2 is 1.83 bits per heavy atom. The third-order valence-corrected chi connectivity index (χ3v) is 4.43. The number of halogens is 1. The van der Waals surface area contributed by atoms with Crippen molar-refractivity contribution in [2.75, 3.05) is 36.4 Å². The number of nitrogens with zero attached hydrogens (tertiary/aromatic N) is 3. The molecule has 0 bridgehead atoms. The van der Waals surface area contributed by atoms with E-state index in [0.29, 0.717) is 18.1 Å². The van der Waals surface area contributed by atoms with Crippen LogP contribution >= 0.6 is 11.6 Å². The van der Waals surface area contributed by atoms with Crippen molar-refractivity contribution in [1.29, 1.82) is 0 Å². The molecule has 1 aliphatic heterocycles. The fourth-order valence-corrected chi connectivity index (χ4v) is 2.78. The quantitative estimate of drug-likeness (QED) is 0.918. The number of hydrogen-bond donors (Lipinski definition) is 1. The molecule has 1 N–H and O–H groups in total. The van der Waals surface area contributed by atoms with E-state index in [9.17, 15) is 4.79 Å². The van der Waals surface area contributed by atoms with Crippen LogP contribution in [0.5, 0.6) is 0 Å². The predicted molar refractivity (Wildman–Crippen MR) is 93.2 cm³/mol. The largest absolute Gasteiger partial charge is 0.368 e. The second kappa shape index (κ2) is 6.87. The fraction of sp³-hybridized carbons (Fsp3) is 0.294. The van der Waals surface area contributed by atoms with Crippen molar-refractivity contribution >= 4 is 29.0 Å². The SMILES string of the molecule is Cc1ccc(NC(=O)N2CCN(c3ccncc3)CC2)cc1Cl. The molecule has 0 atom stereocenters. The van der Waals surface area contributed by atoms with Crippen molar-refractivity contribution in [3.63, 3.8) is 0 Å². The minimum atomic E-state index is -0.0840. The Labute approximate surface area is 140 Å². The first kappa shape index (κ1) is 15.6. The molecule has 5 nitrogen and oxygen atoms in total. The molecule has 1 saturated heterocycles. The molecule has 0 saturated carbocycles. The third-order valence-electron chi connectivity index (χ3n) is 4.02. The van der Waals surface area contributed by atoms with Crippen LogP contribution in [0.1, 0.15) is 5.56 Å². The Kier molecular flexibility index (Phi) is 4.67. The summed E-state index contributed by atoms with van der Waals surface area (Å²) in [6, 6.07) is 9.45. The number of hydrogen-bond acceptors (Lipinski definition) is 3. The van der Waals surface area contributed by atoms with E-state index in [4.69, 9.17) is 11.6 Å². The Morgan fingerprint density at radius 1 is 1.13 bits per heavy atom. The van der Waals surface area contributed by atoms with Crippen molar-refractivity contribution in [2.45, 2.75) is 6.92 Å². The first-order chi connectivity index (χ1) is 11.1. The van der Waals surface area contributed by atoms with Crippen molar-refractivity contribution in [1.82, 2.24) is 9.88 Å². The normalized spacial score (nSPS) is 14.7. The van der Waals surface area contributed by atoms with Crippen LogP contribution in [0.15, 0.2) is 42.7 Å². The van der Waals surface area contributed by atoms with Crippen LogP contribution in [0.3, 0.4) is 0 Å². The molecule has 0 spiro atoms. The van der Waals surface area contributed by atoms with Gasteiger partial charge in [0.15, 0.2) is 0 Å². The highest BCUT2D eigenvalue weighted by Gasteiger charge is 2.21. The molecule has 120 valence electrons. The van der Waals surface area contributed by atoms with Gasteiger partial charge in [-0.1, -0.05) is 17.7 Å². The first-order valence-electron chi connectivity index (χ1n) is 7.60. The van der Waals surface area contributed by atoms with E-state index in [2.05, 4.69) is 15.2 Å². The van der Waals surface area contributed by atoms with Gasteiger partial charge in [-0.05, 0) is 36.8 Å². The van der Waals surface area contributed by atoms with Gasteiger partial charge in [-0.3, -0.25) is 4.98 Å². The lowest BCUT2D eigenvalue weighted by Gasteiger charge is -2.36. The zero-order valence-electron chi connectivity index (χ0n) is 13.0. The van der Waals surface area contributed by atoms with Crippen LogP contribution in [-0.2, 0) is 0 Å². The summed E-state index contributed by atoms with van der Waals surface area (Å²) in [4.78, 5) is 20.5. The lowest BCUT2D eigenvalue weighted by molar-refractivity contribution is 0.208. The van der Waals surface area contributed by atoms with Crippen LogP contribution in [0.4, 0.5) is 16.2 Å². The summed E-state index contributed by atoms with van der Waals surface area (Å²) in [5, 5.41) is 3.57. The van der Waals surface area contributed by atoms with Crippen LogP contribution in [0.25, 0.3) is 0 Å². The molecule has 0 unspecified atom stereocenters. The number of rotatable bonds is 2. The number of nitrogens with one attached hydrogen (secondary N) is 1. The second-order valence-corrected chi connectivity index (χ2v) is 5.98. The molecule has 6 heteroatoms. The van der Waals surface area contributed by atoms with E-state index >= 15 is 0 Å². The number of anilines is 2. The summed E-state index contributed by atoms with van der Waals surface area (Å²) in [6.45, 7) is 4.94. The molecular formula is C17H19ClN4O. The Morgan fingerprint density at radius 3 is 2.48 bits per heavy atom. The summed E-state index contributed by atoms with van der Waals surface area (Å²) in [6.07, 6.45) is 3.57. The standard InChI is InChI=1S/C17H19ClN4O/c1-13-2-3-14(12-16(13)18)20-17(23)22-10-8-21(9-11-22)15-4-6-19-7-5-15/h2-7,12H,8-11H2,1H3,(H,20,23). The molecule has 2 aromatic rings. The molecular weight excluding hydrogens is 312 g/mol. The molecule has 1 fully saturated rings. The van der Waals surface area contributed by atoms with E-state index in [0.717, 1.165) is 30.0 Å². The van der Waals surface area contributed by atoms with Crippen molar-refractivity contribution in [2.24, 2.45) is 0 Å². The summed E-state index contributed by atoms with van der Waals surface area (Å²) in [7, 11) is 0. The van der Waals surface area contributed by atoms with Gasteiger partial charge in [-0.15, -0.1) is 0 Å². The molecule has 1 aromatic heterocycles. The highest BCUT2D eigenvalue weighted by molar-refractivity contribution is 6.31. The molecule has 2 heterocycles. The maximum Gasteiger partial charge on any atom is 0.321 e. The van der Waals surface area contributed by atoms with E-state index in [1.807, 2.05) is 36.1 Å². The van der Waals surface area contributed by atoms with Crippen LogP contribution in [-0.4, -0.2) is 42.1 Å². The van der Waals surface area contributed by atoms with Gasteiger partial charge in [0.25, 0.3) is 0 Å². The van der Waals surface area contributed by atoms with Gasteiger partial charge in [0, 0.05) is 55.0 Å². The third kappa shape index (κ3) is 3.74. The monoisotopic (exact) mass is 330 g/mol. The number of aryl methyl sites for hydroxylation is 1. The van der Waals surface area contributed by atoms with Gasteiger partial charge < -0.3 is 15.1 Å². The summed E-state index contributed by atoms with van der Waals surface area (Å²) >= 11 is 6.09. The van der Waals surface area contributed by atoms with Gasteiger partial charge in [-0.2, -0.15) is 0 Å². The zero-order valence-corrected chi connectivity index (χ0v) is 13.8. The molecule has 1 aromatic carbocycles. The molecule has 2 amide bonds. The number of pyridine rings is 1. The van der Waals surface area contributed by atoms with Crippen molar-refractivity contribution in [3.8, 4) is 0 Å². The average molecular weight is 331 g/mol. The van der Waals surface area contributed by atoms with Crippen molar-refractivity contribution in [3.05, 3.63) is 53.3 Å². The lowest BCUT2D eigenvalue weighted by Crippen LogP contribution is -2.50. The highest BCUT2D eigenvalue weighted by atomic mass is 35.5.